The second kappa shape index (κ2) is 14.3. The topological polar surface area (TPSA) is 36.4 Å². The summed E-state index contributed by atoms with van der Waals surface area (Å²) >= 11 is 4.04. The van der Waals surface area contributed by atoms with Gasteiger partial charge in [0.25, 0.3) is 0 Å². The van der Waals surface area contributed by atoms with E-state index in [4.69, 9.17) is 0 Å². The van der Waals surface area contributed by atoms with Crippen LogP contribution in [-0.2, 0) is 0 Å². The first-order chi connectivity index (χ1) is 9.80. The maximum atomic E-state index is 4.35. The van der Waals surface area contributed by atoms with Gasteiger partial charge in [-0.05, 0) is 49.9 Å². The quantitative estimate of drug-likeness (QED) is 0.257. The van der Waals surface area contributed by atoms with Gasteiger partial charge in [0.05, 0.1) is 0 Å². The zero-order valence-electron chi connectivity index (χ0n) is 13.7. The molecule has 1 saturated carbocycles. The van der Waals surface area contributed by atoms with E-state index < -0.39 is 0 Å². The molecule has 0 aliphatic heterocycles. The molecule has 6 heteroatoms. The Balaban J connectivity index is 0.00000400. The summed E-state index contributed by atoms with van der Waals surface area (Å²) < 4.78 is 0. The Bertz CT molecular complexity index is 276. The third-order valence-electron chi connectivity index (χ3n) is 3.66. The van der Waals surface area contributed by atoms with E-state index in [1.54, 1.807) is 0 Å². The SMILES string of the molecule is CCSC1CCCC(NC(=NC)NCCCCSC)C1.I. The molecule has 2 atom stereocenters. The van der Waals surface area contributed by atoms with Crippen molar-refractivity contribution >= 4 is 53.5 Å². The third-order valence-corrected chi connectivity index (χ3v) is 5.59. The van der Waals surface area contributed by atoms with Crippen molar-refractivity contribution in [2.45, 2.75) is 56.7 Å². The van der Waals surface area contributed by atoms with Crippen LogP contribution in [0.2, 0.25) is 0 Å². The van der Waals surface area contributed by atoms with Gasteiger partial charge < -0.3 is 10.6 Å². The number of rotatable bonds is 8. The molecular formula is C15H32IN3S2. The fourth-order valence-corrected chi connectivity index (χ4v) is 4.30. The molecule has 1 aliphatic rings. The van der Waals surface area contributed by atoms with Crippen LogP contribution < -0.4 is 10.6 Å². The summed E-state index contributed by atoms with van der Waals surface area (Å²) in [5.41, 5.74) is 0. The molecule has 0 saturated heterocycles. The normalized spacial score (nSPS) is 22.5. The lowest BCUT2D eigenvalue weighted by molar-refractivity contribution is 0.418. The largest absolute Gasteiger partial charge is 0.356 e. The molecule has 0 aromatic heterocycles. The molecule has 2 unspecified atom stereocenters. The molecule has 1 aliphatic carbocycles. The molecule has 0 aromatic carbocycles. The second-order valence-electron chi connectivity index (χ2n) is 5.28. The average Bonchev–Trinajstić information content (AvgIpc) is 2.46. The highest BCUT2D eigenvalue weighted by molar-refractivity contribution is 14.0. The molecule has 0 amide bonds. The minimum Gasteiger partial charge on any atom is -0.356 e. The van der Waals surface area contributed by atoms with Crippen LogP contribution in [0.25, 0.3) is 0 Å². The van der Waals surface area contributed by atoms with E-state index in [0.717, 1.165) is 17.8 Å². The molecule has 21 heavy (non-hydrogen) atoms. The highest BCUT2D eigenvalue weighted by atomic mass is 127. The second-order valence-corrected chi connectivity index (χ2v) is 7.85. The fourth-order valence-electron chi connectivity index (χ4n) is 2.63. The first-order valence-corrected chi connectivity index (χ1v) is 10.3. The van der Waals surface area contributed by atoms with Crippen molar-refractivity contribution in [3.63, 3.8) is 0 Å². The van der Waals surface area contributed by atoms with E-state index >= 15 is 0 Å². The van der Waals surface area contributed by atoms with E-state index in [1.165, 1.54) is 50.0 Å². The Kier molecular flexibility index (Phi) is 14.8. The van der Waals surface area contributed by atoms with Crippen molar-refractivity contribution in [1.29, 1.82) is 0 Å². The predicted molar refractivity (Wildman–Crippen MR) is 112 cm³/mol. The van der Waals surface area contributed by atoms with Gasteiger partial charge in [0.2, 0.25) is 0 Å². The minimum atomic E-state index is 0. The van der Waals surface area contributed by atoms with Crippen molar-refractivity contribution in [1.82, 2.24) is 10.6 Å². The summed E-state index contributed by atoms with van der Waals surface area (Å²) in [6, 6.07) is 0.602. The lowest BCUT2D eigenvalue weighted by Crippen LogP contribution is -2.45. The van der Waals surface area contributed by atoms with Crippen LogP contribution in [0.5, 0.6) is 0 Å². The molecule has 3 nitrogen and oxygen atoms in total. The number of unbranched alkanes of at least 4 members (excludes halogenated alkanes) is 1. The van der Waals surface area contributed by atoms with E-state index in [2.05, 4.69) is 40.6 Å². The Morgan fingerprint density at radius 1 is 1.29 bits per heavy atom. The first-order valence-electron chi connectivity index (χ1n) is 7.87. The summed E-state index contributed by atoms with van der Waals surface area (Å²) in [6.07, 6.45) is 9.98. The monoisotopic (exact) mass is 445 g/mol. The Labute approximate surface area is 156 Å². The van der Waals surface area contributed by atoms with Gasteiger partial charge in [-0.1, -0.05) is 13.3 Å². The molecule has 0 radical (unpaired) electrons. The van der Waals surface area contributed by atoms with Crippen LogP contribution in [0.4, 0.5) is 0 Å². The van der Waals surface area contributed by atoms with Gasteiger partial charge in [-0.25, -0.2) is 0 Å². The van der Waals surface area contributed by atoms with Gasteiger partial charge >= 0.3 is 0 Å². The van der Waals surface area contributed by atoms with Crippen molar-refractivity contribution in [2.75, 3.05) is 31.4 Å². The summed E-state index contributed by atoms with van der Waals surface area (Å²) in [5, 5.41) is 7.89. The van der Waals surface area contributed by atoms with E-state index in [1.807, 2.05) is 18.8 Å². The smallest absolute Gasteiger partial charge is 0.191 e. The molecular weight excluding hydrogens is 413 g/mol. The van der Waals surface area contributed by atoms with Gasteiger partial charge in [-0.15, -0.1) is 24.0 Å². The van der Waals surface area contributed by atoms with E-state index in [-0.39, 0.29) is 24.0 Å². The summed E-state index contributed by atoms with van der Waals surface area (Å²) in [7, 11) is 1.87. The number of nitrogens with one attached hydrogen (secondary N) is 2. The number of aliphatic imine (C=N–C) groups is 1. The summed E-state index contributed by atoms with van der Waals surface area (Å²) in [6.45, 7) is 3.29. The lowest BCUT2D eigenvalue weighted by Gasteiger charge is -2.30. The molecule has 0 spiro atoms. The zero-order chi connectivity index (χ0) is 14.6. The fraction of sp³-hybridized carbons (Fsp3) is 0.933. The third kappa shape index (κ3) is 10.2. The van der Waals surface area contributed by atoms with Crippen molar-refractivity contribution in [3.8, 4) is 0 Å². The number of guanidine groups is 1. The van der Waals surface area contributed by atoms with Crippen LogP contribution in [0.15, 0.2) is 4.99 Å². The van der Waals surface area contributed by atoms with Gasteiger partial charge in [-0.2, -0.15) is 23.5 Å². The van der Waals surface area contributed by atoms with Gasteiger partial charge in [0.15, 0.2) is 5.96 Å². The molecule has 1 rings (SSSR count). The molecule has 0 aromatic rings. The highest BCUT2D eigenvalue weighted by Crippen LogP contribution is 2.28. The molecule has 0 bridgehead atoms. The molecule has 0 heterocycles. The standard InChI is InChI=1S/C15H31N3S2.HI/c1-4-20-14-9-7-8-13(12-14)18-15(16-2)17-10-5-6-11-19-3;/h13-14H,4-12H2,1-3H3,(H2,16,17,18);1H. The average molecular weight is 445 g/mol. The Morgan fingerprint density at radius 3 is 2.76 bits per heavy atom. The number of halogens is 1. The predicted octanol–water partition coefficient (Wildman–Crippen LogP) is 3.98. The maximum absolute atomic E-state index is 4.35. The van der Waals surface area contributed by atoms with Crippen molar-refractivity contribution in [3.05, 3.63) is 0 Å². The van der Waals surface area contributed by atoms with E-state index in [9.17, 15) is 0 Å². The van der Waals surface area contributed by atoms with Crippen molar-refractivity contribution in [2.24, 2.45) is 4.99 Å². The number of thioether (sulfide) groups is 2. The van der Waals surface area contributed by atoms with Gasteiger partial charge in [0, 0.05) is 24.9 Å². The number of hydrogen-bond acceptors (Lipinski definition) is 3. The molecule has 126 valence electrons. The Hall–Kier alpha value is 0.700. The van der Waals surface area contributed by atoms with Crippen LogP contribution in [0, 0.1) is 0 Å². The van der Waals surface area contributed by atoms with Crippen molar-refractivity contribution < 1.29 is 0 Å². The summed E-state index contributed by atoms with van der Waals surface area (Å²) in [5.74, 6) is 3.48. The highest BCUT2D eigenvalue weighted by Gasteiger charge is 2.22. The molecule has 2 N–H and O–H groups in total. The van der Waals surface area contributed by atoms with Gasteiger partial charge in [-0.3, -0.25) is 4.99 Å². The first kappa shape index (κ1) is 21.7. The molecule has 1 fully saturated rings. The number of nitrogens with zero attached hydrogens (tertiary/aromatic N) is 1. The van der Waals surface area contributed by atoms with Gasteiger partial charge in [0.1, 0.15) is 0 Å². The van der Waals surface area contributed by atoms with Crippen LogP contribution in [0.1, 0.15) is 45.4 Å². The number of hydrogen-bond donors (Lipinski definition) is 2. The zero-order valence-corrected chi connectivity index (χ0v) is 17.7. The maximum Gasteiger partial charge on any atom is 0.191 e. The Morgan fingerprint density at radius 2 is 2.10 bits per heavy atom. The lowest BCUT2D eigenvalue weighted by atomic mass is 9.95. The van der Waals surface area contributed by atoms with Crippen LogP contribution in [0.3, 0.4) is 0 Å². The van der Waals surface area contributed by atoms with E-state index in [0.29, 0.717) is 6.04 Å². The van der Waals surface area contributed by atoms with Crippen LogP contribution in [-0.4, -0.2) is 48.6 Å². The van der Waals surface area contributed by atoms with Crippen LogP contribution >= 0.6 is 47.5 Å². The minimum absolute atomic E-state index is 0. The summed E-state index contributed by atoms with van der Waals surface area (Å²) in [4.78, 5) is 4.35.